The summed E-state index contributed by atoms with van der Waals surface area (Å²) in [5.74, 6) is 0. The Morgan fingerprint density at radius 1 is 1.24 bits per heavy atom. The molecule has 1 aromatic carbocycles. The number of fused-ring (bicyclic) bond motifs is 1. The van der Waals surface area contributed by atoms with E-state index in [0.29, 0.717) is 6.54 Å². The maximum atomic E-state index is 5.89. The first kappa shape index (κ1) is 14.1. The normalized spacial score (nSPS) is 11.4. The molecule has 2 aromatic heterocycles. The molecule has 21 heavy (non-hydrogen) atoms. The summed E-state index contributed by atoms with van der Waals surface area (Å²) in [6, 6.07) is 5.86. The van der Waals surface area contributed by atoms with Crippen molar-refractivity contribution in [3.63, 3.8) is 0 Å². The van der Waals surface area contributed by atoms with Crippen molar-refractivity contribution in [2.45, 2.75) is 33.4 Å². The molecular weight excluding hydrogens is 330 g/mol. The van der Waals surface area contributed by atoms with Crippen molar-refractivity contribution in [3.8, 4) is 0 Å². The lowest BCUT2D eigenvalue weighted by molar-refractivity contribution is 0.580. The first-order valence-corrected chi connectivity index (χ1v) is 7.88. The molecule has 3 rings (SSSR count). The fourth-order valence-corrected chi connectivity index (χ4v) is 3.21. The van der Waals surface area contributed by atoms with Gasteiger partial charge in [-0.1, -0.05) is 6.92 Å². The Kier molecular flexibility index (Phi) is 3.71. The van der Waals surface area contributed by atoms with E-state index in [-0.39, 0.29) is 0 Å². The summed E-state index contributed by atoms with van der Waals surface area (Å²) in [7, 11) is 0. The highest BCUT2D eigenvalue weighted by molar-refractivity contribution is 9.10. The Morgan fingerprint density at radius 3 is 2.76 bits per heavy atom. The van der Waals surface area contributed by atoms with Gasteiger partial charge >= 0.3 is 0 Å². The number of nitrogen functional groups attached to an aromatic ring is 1. The number of aryl methyl sites for hydroxylation is 2. The summed E-state index contributed by atoms with van der Waals surface area (Å²) in [6.07, 6.45) is 2.78. The molecule has 2 N–H and O–H groups in total. The highest BCUT2D eigenvalue weighted by atomic mass is 79.9. The molecule has 5 nitrogen and oxygen atoms in total. The zero-order valence-electron chi connectivity index (χ0n) is 12.2. The number of hydrogen-bond acceptors (Lipinski definition) is 3. The van der Waals surface area contributed by atoms with Gasteiger partial charge in [0.25, 0.3) is 0 Å². The molecule has 6 heteroatoms. The van der Waals surface area contributed by atoms with Crippen molar-refractivity contribution in [1.29, 1.82) is 0 Å². The molecule has 0 fully saturated rings. The van der Waals surface area contributed by atoms with Crippen LogP contribution in [0.1, 0.15) is 25.2 Å². The number of halogens is 1. The van der Waals surface area contributed by atoms with Gasteiger partial charge in [-0.15, -0.1) is 0 Å². The molecule has 0 unspecified atom stereocenters. The van der Waals surface area contributed by atoms with E-state index in [0.717, 1.165) is 45.4 Å². The fourth-order valence-electron chi connectivity index (χ4n) is 2.52. The number of hydrogen-bond donors (Lipinski definition) is 1. The molecule has 0 bridgehead atoms. The van der Waals surface area contributed by atoms with Gasteiger partial charge in [0.2, 0.25) is 0 Å². The lowest BCUT2D eigenvalue weighted by Crippen LogP contribution is -2.09. The van der Waals surface area contributed by atoms with Crippen LogP contribution in [0.5, 0.6) is 0 Å². The van der Waals surface area contributed by atoms with E-state index in [2.05, 4.69) is 40.0 Å². The number of benzene rings is 1. The lowest BCUT2D eigenvalue weighted by atomic mass is 10.2. The summed E-state index contributed by atoms with van der Waals surface area (Å²) < 4.78 is 5.08. The van der Waals surface area contributed by atoms with Crippen LogP contribution in [0.15, 0.2) is 28.9 Å². The van der Waals surface area contributed by atoms with Gasteiger partial charge in [-0.3, -0.25) is 9.36 Å². The van der Waals surface area contributed by atoms with E-state index < -0.39 is 0 Å². The molecule has 3 aromatic rings. The number of rotatable bonds is 4. The van der Waals surface area contributed by atoms with Gasteiger partial charge in [-0.05, 0) is 47.5 Å². The van der Waals surface area contributed by atoms with Crippen LogP contribution in [0.25, 0.3) is 10.9 Å². The third-order valence-corrected chi connectivity index (χ3v) is 4.58. The third-order valence-electron chi connectivity index (χ3n) is 3.66. The van der Waals surface area contributed by atoms with Crippen molar-refractivity contribution in [3.05, 3.63) is 40.3 Å². The summed E-state index contributed by atoms with van der Waals surface area (Å²) in [5.41, 5.74) is 9.91. The van der Waals surface area contributed by atoms with E-state index in [9.17, 15) is 0 Å². The highest BCUT2D eigenvalue weighted by Gasteiger charge is 2.15. The van der Waals surface area contributed by atoms with Gasteiger partial charge in [0.05, 0.1) is 34.1 Å². The number of nitrogens with two attached hydrogens (primary N) is 1. The largest absolute Gasteiger partial charge is 0.399 e. The SMILES string of the molecule is CCc1nn(CC)c(Cn2ncc3ccc(N)cc32)c1Br. The Bertz CT molecular complexity index is 787. The van der Waals surface area contributed by atoms with E-state index in [1.54, 1.807) is 0 Å². The van der Waals surface area contributed by atoms with Crippen molar-refractivity contribution in [1.82, 2.24) is 19.6 Å². The fraction of sp³-hybridized carbons (Fsp3) is 0.333. The van der Waals surface area contributed by atoms with Crippen LogP contribution in [0.2, 0.25) is 0 Å². The Morgan fingerprint density at radius 2 is 2.05 bits per heavy atom. The van der Waals surface area contributed by atoms with Crippen LogP contribution in [0, 0.1) is 0 Å². The minimum absolute atomic E-state index is 0.675. The summed E-state index contributed by atoms with van der Waals surface area (Å²) in [5, 5.41) is 10.2. The van der Waals surface area contributed by atoms with Crippen LogP contribution in [-0.2, 0) is 19.5 Å². The quantitative estimate of drug-likeness (QED) is 0.737. The zero-order chi connectivity index (χ0) is 15.0. The Balaban J connectivity index is 2.06. The Hall–Kier alpha value is -1.82. The minimum Gasteiger partial charge on any atom is -0.399 e. The minimum atomic E-state index is 0.675. The lowest BCUT2D eigenvalue weighted by Gasteiger charge is -2.07. The summed E-state index contributed by atoms with van der Waals surface area (Å²) in [4.78, 5) is 0. The van der Waals surface area contributed by atoms with Crippen LogP contribution in [0.4, 0.5) is 5.69 Å². The zero-order valence-corrected chi connectivity index (χ0v) is 13.8. The van der Waals surface area contributed by atoms with E-state index in [1.165, 1.54) is 0 Å². The third kappa shape index (κ3) is 2.44. The molecule has 0 atom stereocenters. The monoisotopic (exact) mass is 347 g/mol. The van der Waals surface area contributed by atoms with Gasteiger partial charge < -0.3 is 5.73 Å². The topological polar surface area (TPSA) is 61.7 Å². The highest BCUT2D eigenvalue weighted by Crippen LogP contribution is 2.25. The van der Waals surface area contributed by atoms with Gasteiger partial charge in [-0.25, -0.2) is 0 Å². The van der Waals surface area contributed by atoms with Crippen LogP contribution in [-0.4, -0.2) is 19.6 Å². The number of aromatic nitrogens is 4. The van der Waals surface area contributed by atoms with Crippen molar-refractivity contribution in [2.24, 2.45) is 0 Å². The second kappa shape index (κ2) is 5.52. The smallest absolute Gasteiger partial charge is 0.0847 e. The molecule has 0 aliphatic carbocycles. The van der Waals surface area contributed by atoms with Crippen LogP contribution >= 0.6 is 15.9 Å². The average Bonchev–Trinajstić information content (AvgIpc) is 3.01. The molecule has 0 aliphatic rings. The molecule has 0 saturated carbocycles. The number of anilines is 1. The first-order chi connectivity index (χ1) is 10.1. The average molecular weight is 348 g/mol. The molecular formula is C15H18BrN5. The molecule has 0 radical (unpaired) electrons. The summed E-state index contributed by atoms with van der Waals surface area (Å²) in [6.45, 7) is 5.73. The van der Waals surface area contributed by atoms with Crippen LogP contribution < -0.4 is 5.73 Å². The van der Waals surface area contributed by atoms with Crippen molar-refractivity contribution in [2.75, 3.05) is 5.73 Å². The van der Waals surface area contributed by atoms with Gasteiger partial charge in [0, 0.05) is 17.6 Å². The van der Waals surface area contributed by atoms with E-state index in [4.69, 9.17) is 5.73 Å². The first-order valence-electron chi connectivity index (χ1n) is 7.09. The van der Waals surface area contributed by atoms with E-state index >= 15 is 0 Å². The predicted molar refractivity (Wildman–Crippen MR) is 88.2 cm³/mol. The molecule has 0 amide bonds. The van der Waals surface area contributed by atoms with E-state index in [1.807, 2.05) is 33.8 Å². The molecule has 0 saturated heterocycles. The van der Waals surface area contributed by atoms with Gasteiger partial charge in [0.1, 0.15) is 0 Å². The second-order valence-electron chi connectivity index (χ2n) is 5.00. The van der Waals surface area contributed by atoms with Crippen LogP contribution in [0.3, 0.4) is 0 Å². The molecule has 2 heterocycles. The maximum absolute atomic E-state index is 5.89. The standard InChI is InChI=1S/C15H18BrN5/c1-3-12-15(16)14(20(4-2)19-12)9-21-13-7-11(17)6-5-10(13)8-18-21/h5-8H,3-4,9,17H2,1-2H3. The predicted octanol–water partition coefficient (Wildman–Crippen LogP) is 3.21. The summed E-state index contributed by atoms with van der Waals surface area (Å²) >= 11 is 3.68. The molecule has 0 spiro atoms. The van der Waals surface area contributed by atoms with Gasteiger partial charge in [0.15, 0.2) is 0 Å². The number of nitrogens with zero attached hydrogens (tertiary/aromatic N) is 4. The molecule has 0 aliphatic heterocycles. The van der Waals surface area contributed by atoms with Gasteiger partial charge in [-0.2, -0.15) is 10.2 Å². The Labute approximate surface area is 131 Å². The van der Waals surface area contributed by atoms with Crippen molar-refractivity contribution < 1.29 is 0 Å². The maximum Gasteiger partial charge on any atom is 0.0847 e. The molecule has 110 valence electrons. The van der Waals surface area contributed by atoms with Crippen molar-refractivity contribution >= 4 is 32.5 Å². The second-order valence-corrected chi connectivity index (χ2v) is 5.79.